The van der Waals surface area contributed by atoms with Crippen LogP contribution in [0.3, 0.4) is 0 Å². The van der Waals surface area contributed by atoms with Gasteiger partial charge in [-0.15, -0.1) is 0 Å². The number of nitrogens with one attached hydrogen (secondary N) is 2. The molecule has 2 aromatic carbocycles. The Morgan fingerprint density at radius 3 is 2.20 bits per heavy atom. The molecule has 0 fully saturated rings. The smallest absolute Gasteiger partial charge is 0.370 e. The second-order valence-electron chi connectivity index (χ2n) is 6.19. The third-order valence-electron chi connectivity index (χ3n) is 4.03. The van der Waals surface area contributed by atoms with Crippen LogP contribution in [0.5, 0.6) is 0 Å². The van der Waals surface area contributed by atoms with Crippen LogP contribution >= 0.6 is 0 Å². The third kappa shape index (κ3) is 4.61. The average Bonchev–Trinajstić information content (AvgIpc) is 2.66. The van der Waals surface area contributed by atoms with Crippen molar-refractivity contribution >= 4 is 28.3 Å². The molecule has 30 heavy (non-hydrogen) atoms. The molecule has 0 spiro atoms. The van der Waals surface area contributed by atoms with Crippen molar-refractivity contribution in [2.45, 2.75) is 19.3 Å². The third-order valence-corrected chi connectivity index (χ3v) is 4.03. The lowest BCUT2D eigenvalue weighted by Crippen LogP contribution is -2.29. The first-order valence-corrected chi connectivity index (χ1v) is 8.60. The van der Waals surface area contributed by atoms with E-state index >= 15 is 0 Å². The van der Waals surface area contributed by atoms with E-state index < -0.39 is 23.8 Å². The summed E-state index contributed by atoms with van der Waals surface area (Å²) in [4.78, 5) is 19.5. The molecule has 5 nitrogen and oxygen atoms in total. The Morgan fingerprint density at radius 2 is 1.63 bits per heavy atom. The summed E-state index contributed by atoms with van der Waals surface area (Å²) in [6.07, 6.45) is -9.58. The fourth-order valence-electron chi connectivity index (χ4n) is 2.64. The first-order valence-electron chi connectivity index (χ1n) is 8.60. The Hall–Kier alpha value is -3.37. The van der Waals surface area contributed by atoms with Crippen LogP contribution in [0.2, 0.25) is 0 Å². The molecule has 0 saturated heterocycles. The lowest BCUT2D eigenvalue weighted by molar-refractivity contribution is -0.167. The summed E-state index contributed by atoms with van der Waals surface area (Å²) in [5.41, 5.74) is -0.570. The van der Waals surface area contributed by atoms with Crippen LogP contribution in [0, 0.1) is 0 Å². The molecular formula is C19H14F6N4O. The highest BCUT2D eigenvalue weighted by atomic mass is 19.4. The number of carbonyl (C=O) groups is 1. The lowest BCUT2D eigenvalue weighted by atomic mass is 10.1. The van der Waals surface area contributed by atoms with Gasteiger partial charge in [0, 0.05) is 23.2 Å². The zero-order valence-corrected chi connectivity index (χ0v) is 15.3. The molecule has 0 unspecified atom stereocenters. The summed E-state index contributed by atoms with van der Waals surface area (Å²) in [5, 5.41) is 5.05. The molecule has 2 N–H and O–H groups in total. The summed E-state index contributed by atoms with van der Waals surface area (Å²) >= 11 is 0. The fraction of sp³-hybridized carbons (Fsp3) is 0.211. The van der Waals surface area contributed by atoms with Crippen molar-refractivity contribution in [1.82, 2.24) is 9.97 Å². The summed E-state index contributed by atoms with van der Waals surface area (Å²) in [7, 11) is 0. The Balaban J connectivity index is 2.01. The highest BCUT2D eigenvalue weighted by Crippen LogP contribution is 2.33. The van der Waals surface area contributed by atoms with Crippen molar-refractivity contribution in [2.24, 2.45) is 0 Å². The molecular weight excluding hydrogens is 414 g/mol. The lowest BCUT2D eigenvalue weighted by Gasteiger charge is -2.13. The van der Waals surface area contributed by atoms with Crippen LogP contribution in [-0.4, -0.2) is 28.6 Å². The average molecular weight is 428 g/mol. The molecule has 0 radical (unpaired) electrons. The molecule has 1 aromatic heterocycles. The number of anilines is 2. The molecule has 3 aromatic rings. The second-order valence-corrected chi connectivity index (χ2v) is 6.19. The Morgan fingerprint density at radius 1 is 0.967 bits per heavy atom. The van der Waals surface area contributed by atoms with Gasteiger partial charge in [-0.1, -0.05) is 0 Å². The zero-order chi connectivity index (χ0) is 22.1. The van der Waals surface area contributed by atoms with Crippen molar-refractivity contribution < 1.29 is 31.1 Å². The molecule has 1 amide bonds. The van der Waals surface area contributed by atoms with Gasteiger partial charge in [0.05, 0.1) is 11.1 Å². The van der Waals surface area contributed by atoms with Crippen LogP contribution in [0.25, 0.3) is 22.3 Å². The van der Waals surface area contributed by atoms with Gasteiger partial charge in [0.1, 0.15) is 5.82 Å². The monoisotopic (exact) mass is 428 g/mol. The Labute approximate surface area is 166 Å². The number of aromatic nitrogens is 2. The molecule has 1 heterocycles. The molecule has 3 rings (SSSR count). The normalized spacial score (nSPS) is 12.1. The van der Waals surface area contributed by atoms with Crippen LogP contribution < -0.4 is 10.6 Å². The first-order chi connectivity index (χ1) is 14.0. The number of carbonyl (C=O) groups excluding carboxylic acids is 1. The van der Waals surface area contributed by atoms with E-state index in [0.717, 1.165) is 12.1 Å². The molecule has 0 atom stereocenters. The van der Waals surface area contributed by atoms with Gasteiger partial charge in [-0.2, -0.15) is 26.3 Å². The van der Waals surface area contributed by atoms with Crippen molar-refractivity contribution in [3.8, 4) is 11.4 Å². The fourth-order valence-corrected chi connectivity index (χ4v) is 2.64. The predicted molar refractivity (Wildman–Crippen MR) is 98.8 cm³/mol. The molecule has 158 valence electrons. The molecule has 0 aliphatic carbocycles. The van der Waals surface area contributed by atoms with Crippen molar-refractivity contribution in [3.63, 3.8) is 0 Å². The number of hydrogen-bond donors (Lipinski definition) is 2. The number of fused-ring (bicyclic) bond motifs is 1. The minimum atomic E-state index is -5.03. The van der Waals surface area contributed by atoms with Gasteiger partial charge in [-0.3, -0.25) is 4.79 Å². The van der Waals surface area contributed by atoms with Gasteiger partial charge in [0.2, 0.25) is 0 Å². The second kappa shape index (κ2) is 7.81. The predicted octanol–water partition coefficient (Wildman–Crippen LogP) is 5.25. The number of halogens is 6. The molecule has 0 aliphatic heterocycles. The maximum absolute atomic E-state index is 13.0. The van der Waals surface area contributed by atoms with E-state index in [9.17, 15) is 31.1 Å². The highest BCUT2D eigenvalue weighted by Gasteiger charge is 2.38. The summed E-state index contributed by atoms with van der Waals surface area (Å²) in [6.45, 7) is 2.24. The van der Waals surface area contributed by atoms with Gasteiger partial charge in [0.15, 0.2) is 5.82 Å². The van der Waals surface area contributed by atoms with E-state index in [1.54, 1.807) is 12.2 Å². The van der Waals surface area contributed by atoms with Crippen molar-refractivity contribution in [1.29, 1.82) is 0 Å². The van der Waals surface area contributed by atoms with E-state index in [1.165, 1.54) is 30.3 Å². The van der Waals surface area contributed by atoms with Gasteiger partial charge in [-0.05, 0) is 49.4 Å². The van der Waals surface area contributed by atoms with E-state index in [0.29, 0.717) is 23.3 Å². The van der Waals surface area contributed by atoms with Gasteiger partial charge < -0.3 is 10.6 Å². The number of amides is 1. The highest BCUT2D eigenvalue weighted by molar-refractivity contribution is 5.95. The van der Waals surface area contributed by atoms with E-state index in [-0.39, 0.29) is 17.0 Å². The summed E-state index contributed by atoms with van der Waals surface area (Å²) < 4.78 is 76.2. The summed E-state index contributed by atoms with van der Waals surface area (Å²) in [5.74, 6) is -1.72. The summed E-state index contributed by atoms with van der Waals surface area (Å²) in [6, 6.07) is 8.25. The van der Waals surface area contributed by atoms with Gasteiger partial charge in [-0.25, -0.2) is 9.97 Å². The Bertz CT molecular complexity index is 1080. The molecule has 0 bridgehead atoms. The Kier molecular flexibility index (Phi) is 5.55. The molecule has 0 aliphatic rings. The number of rotatable bonds is 4. The quantitative estimate of drug-likeness (QED) is 0.558. The number of benzene rings is 2. The minimum Gasteiger partial charge on any atom is -0.370 e. The SMILES string of the molecule is CCNc1nc(-c2ccc(NC(=O)C(F)(F)F)cc2)nc2cc(C(F)(F)F)ccc12. The zero-order valence-electron chi connectivity index (χ0n) is 15.3. The minimum absolute atomic E-state index is 0.0558. The van der Waals surface area contributed by atoms with Crippen molar-refractivity contribution in [2.75, 3.05) is 17.2 Å². The van der Waals surface area contributed by atoms with Crippen LogP contribution in [0.1, 0.15) is 12.5 Å². The van der Waals surface area contributed by atoms with Crippen molar-refractivity contribution in [3.05, 3.63) is 48.0 Å². The van der Waals surface area contributed by atoms with Crippen LogP contribution in [0.4, 0.5) is 37.8 Å². The van der Waals surface area contributed by atoms with Gasteiger partial charge in [0.25, 0.3) is 0 Å². The first kappa shape index (κ1) is 21.3. The number of hydrogen-bond acceptors (Lipinski definition) is 4. The maximum Gasteiger partial charge on any atom is 0.471 e. The van der Waals surface area contributed by atoms with E-state index in [1.807, 2.05) is 0 Å². The number of alkyl halides is 6. The standard InChI is InChI=1S/C19H14F6N4O/c1-2-26-16-13-8-5-11(18(20,21)22)9-14(13)28-15(29-16)10-3-6-12(7-4-10)27-17(30)19(23,24)25/h3-9H,2H2,1H3,(H,27,30)(H,26,28,29). The van der Waals surface area contributed by atoms with E-state index in [2.05, 4.69) is 15.3 Å². The molecule has 11 heteroatoms. The largest absolute Gasteiger partial charge is 0.471 e. The van der Waals surface area contributed by atoms with Crippen LogP contribution in [-0.2, 0) is 11.0 Å². The topological polar surface area (TPSA) is 66.9 Å². The molecule has 0 saturated carbocycles. The maximum atomic E-state index is 13.0. The van der Waals surface area contributed by atoms with E-state index in [4.69, 9.17) is 0 Å². The van der Waals surface area contributed by atoms with Gasteiger partial charge >= 0.3 is 18.3 Å². The number of nitrogens with zero attached hydrogens (tertiary/aromatic N) is 2. The van der Waals surface area contributed by atoms with Crippen LogP contribution in [0.15, 0.2) is 42.5 Å².